The van der Waals surface area contributed by atoms with E-state index in [4.69, 9.17) is 0 Å². The molecule has 30 heavy (non-hydrogen) atoms. The fraction of sp³-hybridized carbons (Fsp3) is 0.211. The molecule has 3 aromatic rings. The van der Waals surface area contributed by atoms with E-state index in [-0.39, 0.29) is 25.4 Å². The molecule has 2 aromatic carbocycles. The molecule has 1 heterocycles. The number of nitrogens with zero attached hydrogens (tertiary/aromatic N) is 3. The van der Waals surface area contributed by atoms with Crippen molar-refractivity contribution in [1.82, 2.24) is 24.8 Å². The average Bonchev–Trinajstić information content (AvgIpc) is 3.22. The van der Waals surface area contributed by atoms with Gasteiger partial charge in [0, 0.05) is 19.5 Å². The number of carbonyl (C=O) groups excluding carboxylic acids is 1. The first-order valence-corrected chi connectivity index (χ1v) is 10.4. The van der Waals surface area contributed by atoms with Gasteiger partial charge in [0.15, 0.2) is 11.6 Å². The van der Waals surface area contributed by atoms with Crippen LogP contribution in [0.4, 0.5) is 8.78 Å². The lowest BCUT2D eigenvalue weighted by Gasteiger charge is -2.11. The summed E-state index contributed by atoms with van der Waals surface area (Å²) in [4.78, 5) is 15.6. The van der Waals surface area contributed by atoms with Gasteiger partial charge < -0.3 is 5.32 Å². The molecular formula is C19H19F2N5O3S. The Kier molecular flexibility index (Phi) is 6.85. The van der Waals surface area contributed by atoms with Crippen molar-refractivity contribution in [3.63, 3.8) is 0 Å². The van der Waals surface area contributed by atoms with Crippen molar-refractivity contribution in [3.8, 4) is 0 Å². The molecule has 0 unspecified atom stereocenters. The van der Waals surface area contributed by atoms with Crippen molar-refractivity contribution in [2.45, 2.75) is 24.4 Å². The number of amides is 1. The molecule has 0 saturated heterocycles. The third-order valence-electron chi connectivity index (χ3n) is 4.24. The zero-order valence-corrected chi connectivity index (χ0v) is 16.6. The Balaban J connectivity index is 1.50. The van der Waals surface area contributed by atoms with Crippen LogP contribution in [0.15, 0.2) is 60.0 Å². The highest BCUT2D eigenvalue weighted by Gasteiger charge is 2.16. The van der Waals surface area contributed by atoms with Crippen LogP contribution in [0, 0.1) is 11.6 Å². The molecule has 0 radical (unpaired) electrons. The summed E-state index contributed by atoms with van der Waals surface area (Å²) in [5, 5.41) is 6.79. The van der Waals surface area contributed by atoms with Crippen LogP contribution in [0.3, 0.4) is 0 Å². The molecular weight excluding hydrogens is 416 g/mol. The summed E-state index contributed by atoms with van der Waals surface area (Å²) in [6.07, 6.45) is 2.91. The van der Waals surface area contributed by atoms with Crippen molar-refractivity contribution < 1.29 is 22.0 Å². The highest BCUT2D eigenvalue weighted by Crippen LogP contribution is 2.13. The molecule has 3 rings (SSSR count). The van der Waals surface area contributed by atoms with Gasteiger partial charge in [0.05, 0.1) is 11.4 Å². The van der Waals surface area contributed by atoms with Gasteiger partial charge in [-0.2, -0.15) is 5.10 Å². The first kappa shape index (κ1) is 21.5. The third kappa shape index (κ3) is 5.67. The quantitative estimate of drug-likeness (QED) is 0.531. The smallest absolute Gasteiger partial charge is 0.240 e. The summed E-state index contributed by atoms with van der Waals surface area (Å²) in [6, 6.07) is 9.79. The SMILES string of the molecule is O=C(CCNS(=O)(=O)c1ccc(F)c(F)c1)NCc1ccccc1Cn1cncn1. The summed E-state index contributed by atoms with van der Waals surface area (Å²) < 4.78 is 54.3. The molecule has 158 valence electrons. The summed E-state index contributed by atoms with van der Waals surface area (Å²) in [6.45, 7) is 0.577. The maximum Gasteiger partial charge on any atom is 0.240 e. The van der Waals surface area contributed by atoms with Gasteiger partial charge in [-0.05, 0) is 29.3 Å². The largest absolute Gasteiger partial charge is 0.352 e. The van der Waals surface area contributed by atoms with Gasteiger partial charge in [-0.3, -0.25) is 4.79 Å². The molecule has 0 atom stereocenters. The topological polar surface area (TPSA) is 106 Å². The number of halogens is 2. The second-order valence-corrected chi connectivity index (χ2v) is 8.13. The van der Waals surface area contributed by atoms with E-state index < -0.39 is 26.6 Å². The van der Waals surface area contributed by atoms with Crippen LogP contribution >= 0.6 is 0 Å². The van der Waals surface area contributed by atoms with Crippen molar-refractivity contribution >= 4 is 15.9 Å². The molecule has 2 N–H and O–H groups in total. The fourth-order valence-electron chi connectivity index (χ4n) is 2.68. The molecule has 8 nitrogen and oxygen atoms in total. The Labute approximate surface area is 172 Å². The second-order valence-electron chi connectivity index (χ2n) is 6.36. The summed E-state index contributed by atoms with van der Waals surface area (Å²) in [5.74, 6) is -2.77. The number of carbonyl (C=O) groups is 1. The van der Waals surface area contributed by atoms with Gasteiger partial charge in [0.1, 0.15) is 12.7 Å². The van der Waals surface area contributed by atoms with E-state index in [1.54, 1.807) is 11.0 Å². The zero-order valence-electron chi connectivity index (χ0n) is 15.8. The van der Waals surface area contributed by atoms with Crippen LogP contribution < -0.4 is 10.0 Å². The molecule has 0 aliphatic carbocycles. The van der Waals surface area contributed by atoms with Crippen molar-refractivity contribution in [3.05, 3.63) is 77.9 Å². The van der Waals surface area contributed by atoms with Gasteiger partial charge in [-0.1, -0.05) is 24.3 Å². The molecule has 1 amide bonds. The van der Waals surface area contributed by atoms with Crippen LogP contribution in [0.2, 0.25) is 0 Å². The van der Waals surface area contributed by atoms with Crippen LogP contribution in [0.1, 0.15) is 17.5 Å². The fourth-order valence-corrected chi connectivity index (χ4v) is 3.72. The Morgan fingerprint density at radius 3 is 2.53 bits per heavy atom. The van der Waals surface area contributed by atoms with E-state index in [2.05, 4.69) is 20.1 Å². The number of benzene rings is 2. The third-order valence-corrected chi connectivity index (χ3v) is 5.70. The van der Waals surface area contributed by atoms with Crippen LogP contribution in [0.5, 0.6) is 0 Å². The Bertz CT molecular complexity index is 1120. The first-order chi connectivity index (χ1) is 14.3. The molecule has 0 aliphatic rings. The Morgan fingerprint density at radius 1 is 1.07 bits per heavy atom. The highest BCUT2D eigenvalue weighted by molar-refractivity contribution is 7.89. The predicted molar refractivity (Wildman–Crippen MR) is 104 cm³/mol. The molecule has 1 aromatic heterocycles. The minimum atomic E-state index is -4.05. The minimum absolute atomic E-state index is 0.117. The number of nitrogens with one attached hydrogen (secondary N) is 2. The predicted octanol–water partition coefficient (Wildman–Crippen LogP) is 1.59. The van der Waals surface area contributed by atoms with Crippen LogP contribution in [0.25, 0.3) is 0 Å². The van der Waals surface area contributed by atoms with Crippen molar-refractivity contribution in [1.29, 1.82) is 0 Å². The lowest BCUT2D eigenvalue weighted by atomic mass is 10.1. The summed E-state index contributed by atoms with van der Waals surface area (Å²) >= 11 is 0. The normalized spacial score (nSPS) is 11.4. The van der Waals surface area contributed by atoms with Gasteiger partial charge in [-0.25, -0.2) is 31.6 Å². The molecule has 0 fully saturated rings. The van der Waals surface area contributed by atoms with Crippen LogP contribution in [-0.2, 0) is 27.9 Å². The lowest BCUT2D eigenvalue weighted by Crippen LogP contribution is -2.30. The average molecular weight is 435 g/mol. The van der Waals surface area contributed by atoms with E-state index in [0.29, 0.717) is 12.6 Å². The summed E-state index contributed by atoms with van der Waals surface area (Å²) in [7, 11) is -4.05. The molecule has 0 spiro atoms. The van der Waals surface area contributed by atoms with Crippen molar-refractivity contribution in [2.75, 3.05) is 6.54 Å². The van der Waals surface area contributed by atoms with Crippen LogP contribution in [-0.4, -0.2) is 35.6 Å². The Morgan fingerprint density at radius 2 is 1.83 bits per heavy atom. The lowest BCUT2D eigenvalue weighted by molar-refractivity contribution is -0.121. The minimum Gasteiger partial charge on any atom is -0.352 e. The van der Waals surface area contributed by atoms with Gasteiger partial charge in [-0.15, -0.1) is 0 Å². The maximum atomic E-state index is 13.2. The van der Waals surface area contributed by atoms with Gasteiger partial charge in [0.2, 0.25) is 15.9 Å². The maximum absolute atomic E-state index is 13.2. The number of rotatable bonds is 9. The van der Waals surface area contributed by atoms with E-state index in [0.717, 1.165) is 23.3 Å². The second kappa shape index (κ2) is 9.55. The number of sulfonamides is 1. The number of hydrogen-bond donors (Lipinski definition) is 2. The molecule has 0 bridgehead atoms. The van der Waals surface area contributed by atoms with Gasteiger partial charge >= 0.3 is 0 Å². The molecule has 0 aliphatic heterocycles. The van der Waals surface area contributed by atoms with E-state index in [1.165, 1.54) is 6.33 Å². The summed E-state index contributed by atoms with van der Waals surface area (Å²) in [5.41, 5.74) is 1.85. The monoisotopic (exact) mass is 435 g/mol. The molecule has 11 heteroatoms. The molecule has 0 saturated carbocycles. The Hall–Kier alpha value is -3.18. The van der Waals surface area contributed by atoms with Crippen molar-refractivity contribution in [2.24, 2.45) is 0 Å². The number of aromatic nitrogens is 3. The van der Waals surface area contributed by atoms with E-state index in [9.17, 15) is 22.0 Å². The van der Waals surface area contributed by atoms with E-state index >= 15 is 0 Å². The van der Waals surface area contributed by atoms with Gasteiger partial charge in [0.25, 0.3) is 0 Å². The zero-order chi connectivity index (χ0) is 21.6. The number of hydrogen-bond acceptors (Lipinski definition) is 5. The first-order valence-electron chi connectivity index (χ1n) is 8.96. The standard InChI is InChI=1S/C19H19F2N5O3S/c20-17-6-5-16(9-18(17)21)30(28,29)25-8-7-19(27)23-10-14-3-1-2-4-15(14)11-26-13-22-12-24-26/h1-6,9,12-13,25H,7-8,10-11H2,(H,23,27). The van der Waals surface area contributed by atoms with E-state index in [1.807, 2.05) is 24.3 Å². The highest BCUT2D eigenvalue weighted by atomic mass is 32.2.